The van der Waals surface area contributed by atoms with Crippen LogP contribution < -0.4 is 20.1 Å². The van der Waals surface area contributed by atoms with Gasteiger partial charge in [0.05, 0.1) is 24.6 Å². The lowest BCUT2D eigenvalue weighted by molar-refractivity contribution is 0.0995. The number of hydrogen-bond donors (Lipinski definition) is 2. The maximum atomic E-state index is 13.2. The third-order valence-electron chi connectivity index (χ3n) is 5.58. The number of hydrogen-bond acceptors (Lipinski definition) is 5. The van der Waals surface area contributed by atoms with Crippen molar-refractivity contribution < 1.29 is 23.5 Å². The first-order valence-corrected chi connectivity index (χ1v) is 11.5. The Morgan fingerprint density at radius 2 is 1.40 bits per heavy atom. The van der Waals surface area contributed by atoms with Crippen molar-refractivity contribution in [3.8, 4) is 11.5 Å². The van der Waals surface area contributed by atoms with Gasteiger partial charge in [-0.2, -0.15) is 0 Å². The van der Waals surface area contributed by atoms with Crippen LogP contribution >= 0.6 is 0 Å². The average Bonchev–Trinajstić information content (AvgIpc) is 3.20. The summed E-state index contributed by atoms with van der Waals surface area (Å²) in [6.45, 7) is 8.23. The number of benzene rings is 3. The van der Waals surface area contributed by atoms with Crippen LogP contribution in [0.25, 0.3) is 11.0 Å². The molecule has 0 atom stereocenters. The molecule has 7 heteroatoms. The van der Waals surface area contributed by atoms with E-state index in [4.69, 9.17) is 13.9 Å². The fraction of sp³-hybridized carbons (Fsp3) is 0.214. The molecule has 0 spiro atoms. The molecule has 180 valence electrons. The summed E-state index contributed by atoms with van der Waals surface area (Å²) in [5.74, 6) is 0.364. The molecule has 4 rings (SSSR count). The topological polar surface area (TPSA) is 89.8 Å². The Labute approximate surface area is 204 Å². The zero-order valence-corrected chi connectivity index (χ0v) is 20.2. The minimum Gasteiger partial charge on any atom is -0.492 e. The second-order valence-electron chi connectivity index (χ2n) is 7.99. The van der Waals surface area contributed by atoms with Gasteiger partial charge >= 0.3 is 0 Å². The molecular weight excluding hydrogens is 444 g/mol. The van der Waals surface area contributed by atoms with Crippen LogP contribution in [-0.2, 0) is 0 Å². The molecule has 0 aliphatic heterocycles. The molecule has 0 unspecified atom stereocenters. The molecule has 35 heavy (non-hydrogen) atoms. The molecule has 1 heterocycles. The largest absolute Gasteiger partial charge is 0.492 e. The third kappa shape index (κ3) is 4.99. The van der Waals surface area contributed by atoms with Gasteiger partial charge in [-0.25, -0.2) is 0 Å². The number of carbonyl (C=O) groups is 2. The van der Waals surface area contributed by atoms with Crippen LogP contribution in [0.4, 0.5) is 11.4 Å². The summed E-state index contributed by atoms with van der Waals surface area (Å²) in [5.41, 5.74) is 3.77. The summed E-state index contributed by atoms with van der Waals surface area (Å²) >= 11 is 0. The predicted molar refractivity (Wildman–Crippen MR) is 137 cm³/mol. The predicted octanol–water partition coefficient (Wildman–Crippen LogP) is 6.35. The highest BCUT2D eigenvalue weighted by molar-refractivity contribution is 6.08. The van der Waals surface area contributed by atoms with E-state index in [2.05, 4.69) is 10.6 Å². The highest BCUT2D eigenvalue weighted by Crippen LogP contribution is 2.38. The fourth-order valence-corrected chi connectivity index (χ4v) is 3.87. The van der Waals surface area contributed by atoms with Crippen LogP contribution in [-0.4, -0.2) is 25.0 Å². The summed E-state index contributed by atoms with van der Waals surface area (Å²) in [5, 5.41) is 6.67. The second kappa shape index (κ2) is 10.3. The number of aryl methyl sites for hydroxylation is 2. The summed E-state index contributed by atoms with van der Waals surface area (Å²) in [7, 11) is 0. The second-order valence-corrected chi connectivity index (χ2v) is 7.99. The Balaban J connectivity index is 1.68. The minimum atomic E-state index is -0.400. The zero-order chi connectivity index (χ0) is 24.9. The Hall–Kier alpha value is -4.26. The van der Waals surface area contributed by atoms with Crippen LogP contribution in [0.2, 0.25) is 0 Å². The Kier molecular flexibility index (Phi) is 7.06. The van der Waals surface area contributed by atoms with Crippen LogP contribution in [0.15, 0.2) is 65.1 Å². The molecule has 1 aromatic heterocycles. The molecule has 0 saturated carbocycles. The van der Waals surface area contributed by atoms with Crippen molar-refractivity contribution in [3.05, 3.63) is 83.1 Å². The molecule has 0 fully saturated rings. The summed E-state index contributed by atoms with van der Waals surface area (Å²) in [6, 6.07) is 18.0. The molecule has 2 amide bonds. The number of carbonyl (C=O) groups excluding carboxylic acids is 2. The monoisotopic (exact) mass is 472 g/mol. The van der Waals surface area contributed by atoms with Crippen LogP contribution in [0.3, 0.4) is 0 Å². The van der Waals surface area contributed by atoms with Crippen molar-refractivity contribution in [2.75, 3.05) is 23.8 Å². The van der Waals surface area contributed by atoms with E-state index >= 15 is 0 Å². The van der Waals surface area contributed by atoms with Gasteiger partial charge in [0.25, 0.3) is 11.8 Å². The molecule has 0 bridgehead atoms. The standard InChI is InChI=1S/C28H28N2O5/c1-5-33-23-16-22(30-28(32)26-18(4)20-14-10-11-17(3)25(20)35-26)24(34-6-2)15-21(23)29-27(31)19-12-8-7-9-13-19/h7-16H,5-6H2,1-4H3,(H,29,31)(H,30,32). The van der Waals surface area contributed by atoms with Crippen molar-refractivity contribution >= 4 is 34.2 Å². The summed E-state index contributed by atoms with van der Waals surface area (Å²) in [6.07, 6.45) is 0. The van der Waals surface area contributed by atoms with E-state index in [9.17, 15) is 9.59 Å². The minimum absolute atomic E-state index is 0.233. The number of ether oxygens (including phenoxy) is 2. The van der Waals surface area contributed by atoms with Gasteiger partial charge in [0.2, 0.25) is 0 Å². The van der Waals surface area contributed by atoms with Crippen LogP contribution in [0.1, 0.15) is 45.9 Å². The first-order chi connectivity index (χ1) is 16.9. The quantitative estimate of drug-likeness (QED) is 0.312. The van der Waals surface area contributed by atoms with Gasteiger partial charge in [0.1, 0.15) is 17.1 Å². The van der Waals surface area contributed by atoms with Gasteiger partial charge in [0.15, 0.2) is 5.76 Å². The van der Waals surface area contributed by atoms with E-state index in [1.807, 2.05) is 52.0 Å². The Morgan fingerprint density at radius 1 is 0.800 bits per heavy atom. The fourth-order valence-electron chi connectivity index (χ4n) is 3.87. The molecule has 0 aliphatic rings. The highest BCUT2D eigenvalue weighted by Gasteiger charge is 2.22. The molecule has 0 aliphatic carbocycles. The average molecular weight is 473 g/mol. The van der Waals surface area contributed by atoms with Crippen LogP contribution in [0.5, 0.6) is 11.5 Å². The summed E-state index contributed by atoms with van der Waals surface area (Å²) < 4.78 is 17.5. The molecule has 4 aromatic rings. The van der Waals surface area contributed by atoms with Gasteiger partial charge in [0, 0.05) is 28.6 Å². The van der Waals surface area contributed by atoms with Crippen molar-refractivity contribution in [3.63, 3.8) is 0 Å². The lowest BCUT2D eigenvalue weighted by Crippen LogP contribution is -2.16. The Bertz CT molecular complexity index is 1380. The van der Waals surface area contributed by atoms with E-state index in [0.29, 0.717) is 47.2 Å². The lowest BCUT2D eigenvalue weighted by Gasteiger charge is -2.17. The number of rotatable bonds is 8. The Morgan fingerprint density at radius 3 is 1.97 bits per heavy atom. The lowest BCUT2D eigenvalue weighted by atomic mass is 10.1. The van der Waals surface area contributed by atoms with Crippen molar-refractivity contribution in [1.29, 1.82) is 0 Å². The molecule has 0 radical (unpaired) electrons. The number of anilines is 2. The molecular formula is C28H28N2O5. The summed E-state index contributed by atoms with van der Waals surface area (Å²) in [4.78, 5) is 26.0. The van der Waals surface area contributed by atoms with Crippen molar-refractivity contribution in [1.82, 2.24) is 0 Å². The highest BCUT2D eigenvalue weighted by atomic mass is 16.5. The molecule has 7 nitrogen and oxygen atoms in total. The van der Waals surface area contributed by atoms with Gasteiger partial charge in [-0.1, -0.05) is 36.4 Å². The van der Waals surface area contributed by atoms with Crippen molar-refractivity contribution in [2.45, 2.75) is 27.7 Å². The first-order valence-electron chi connectivity index (χ1n) is 11.5. The maximum Gasteiger partial charge on any atom is 0.291 e. The van der Waals surface area contributed by atoms with E-state index in [0.717, 1.165) is 16.5 Å². The van der Waals surface area contributed by atoms with Gasteiger partial charge in [-0.3, -0.25) is 9.59 Å². The number of amides is 2. The SMILES string of the molecule is CCOc1cc(NC(=O)c2oc3c(C)cccc3c2C)c(OCC)cc1NC(=O)c1ccccc1. The number of nitrogens with one attached hydrogen (secondary N) is 2. The molecule has 2 N–H and O–H groups in total. The third-order valence-corrected chi connectivity index (χ3v) is 5.58. The van der Waals surface area contributed by atoms with E-state index in [-0.39, 0.29) is 11.7 Å². The molecule has 0 saturated heterocycles. The van der Waals surface area contributed by atoms with E-state index in [1.54, 1.807) is 36.4 Å². The number of furan rings is 1. The number of para-hydroxylation sites is 1. The van der Waals surface area contributed by atoms with E-state index < -0.39 is 5.91 Å². The number of fused-ring (bicyclic) bond motifs is 1. The smallest absolute Gasteiger partial charge is 0.291 e. The maximum absolute atomic E-state index is 13.2. The van der Waals surface area contributed by atoms with Gasteiger partial charge in [-0.05, 0) is 45.4 Å². The van der Waals surface area contributed by atoms with Crippen molar-refractivity contribution in [2.24, 2.45) is 0 Å². The normalized spacial score (nSPS) is 10.7. The van der Waals surface area contributed by atoms with Gasteiger partial charge in [-0.15, -0.1) is 0 Å². The molecule has 3 aromatic carbocycles. The van der Waals surface area contributed by atoms with Crippen LogP contribution in [0, 0.1) is 13.8 Å². The zero-order valence-electron chi connectivity index (χ0n) is 20.2. The van der Waals surface area contributed by atoms with Gasteiger partial charge < -0.3 is 24.5 Å². The van der Waals surface area contributed by atoms with E-state index in [1.165, 1.54) is 0 Å². The first kappa shape index (κ1) is 23.9.